The van der Waals surface area contributed by atoms with Gasteiger partial charge < -0.3 is 15.1 Å². The molecule has 3 aromatic rings. The maximum absolute atomic E-state index is 13.2. The molecule has 0 aliphatic carbocycles. The Kier molecular flexibility index (Phi) is 8.12. The predicted octanol–water partition coefficient (Wildman–Crippen LogP) is 3.37. The number of amides is 2. The van der Waals surface area contributed by atoms with Crippen molar-refractivity contribution in [2.24, 2.45) is 5.92 Å². The Morgan fingerprint density at radius 1 is 1.05 bits per heavy atom. The summed E-state index contributed by atoms with van der Waals surface area (Å²) < 4.78 is 15.1. The van der Waals surface area contributed by atoms with Crippen molar-refractivity contribution in [3.63, 3.8) is 0 Å². The van der Waals surface area contributed by atoms with Gasteiger partial charge in [0.2, 0.25) is 11.8 Å². The Bertz CT molecular complexity index is 1220. The second-order valence-electron chi connectivity index (χ2n) is 10.4. The molecule has 2 amide bonds. The number of carbonyl (C=O) groups is 2. The molecular weight excluding hydrogens is 483 g/mol. The van der Waals surface area contributed by atoms with Crippen LogP contribution >= 0.6 is 0 Å². The standard InChI is InChI=1S/C29H35FN6O2/c1-21(37)35-18-24(19-35)29(38)32-27(23-5-3-2-4-6-23)13-16-34-14-11-26(12-15-34)36-20-31-28(33-36)17-22-7-9-25(30)10-8-22/h2-10,20,24,26-27H,11-19H2,1H3,(H,32,38)/t27-/m0/s1. The average Bonchev–Trinajstić information content (AvgIpc) is 3.36. The lowest BCUT2D eigenvalue weighted by atomic mass is 9.96. The van der Waals surface area contributed by atoms with Gasteiger partial charge in [0.05, 0.1) is 18.0 Å². The molecule has 2 aliphatic heterocycles. The van der Waals surface area contributed by atoms with E-state index in [1.807, 2.05) is 29.2 Å². The van der Waals surface area contributed by atoms with Crippen LogP contribution in [0.15, 0.2) is 60.9 Å². The van der Waals surface area contributed by atoms with Gasteiger partial charge in [-0.3, -0.25) is 9.59 Å². The summed E-state index contributed by atoms with van der Waals surface area (Å²) in [5.74, 6) is 0.426. The predicted molar refractivity (Wildman–Crippen MR) is 142 cm³/mol. The summed E-state index contributed by atoms with van der Waals surface area (Å²) in [7, 11) is 0. The molecule has 1 N–H and O–H groups in total. The fraction of sp³-hybridized carbons (Fsp3) is 0.448. The van der Waals surface area contributed by atoms with E-state index < -0.39 is 0 Å². The van der Waals surface area contributed by atoms with Crippen LogP contribution in [0.3, 0.4) is 0 Å². The molecule has 38 heavy (non-hydrogen) atoms. The number of halogens is 1. The normalized spacial score (nSPS) is 17.7. The van der Waals surface area contributed by atoms with Gasteiger partial charge in [0.1, 0.15) is 12.1 Å². The Balaban J connectivity index is 1.11. The summed E-state index contributed by atoms with van der Waals surface area (Å²) in [6.07, 6.45) is 5.21. The lowest BCUT2D eigenvalue weighted by Gasteiger charge is -2.38. The van der Waals surface area contributed by atoms with Crippen molar-refractivity contribution in [2.45, 2.75) is 44.7 Å². The van der Waals surface area contributed by atoms with Gasteiger partial charge in [-0.25, -0.2) is 14.1 Å². The third kappa shape index (κ3) is 6.45. The van der Waals surface area contributed by atoms with Gasteiger partial charge in [-0.1, -0.05) is 42.5 Å². The van der Waals surface area contributed by atoms with Crippen LogP contribution in [0.5, 0.6) is 0 Å². The average molecular weight is 519 g/mol. The molecule has 0 spiro atoms. The molecule has 3 heterocycles. The number of benzene rings is 2. The third-order valence-electron chi connectivity index (χ3n) is 7.71. The van der Waals surface area contributed by atoms with Crippen molar-refractivity contribution in [3.8, 4) is 0 Å². The van der Waals surface area contributed by atoms with E-state index >= 15 is 0 Å². The van der Waals surface area contributed by atoms with Crippen LogP contribution in [0.25, 0.3) is 0 Å². The number of nitrogens with one attached hydrogen (secondary N) is 1. The Hall–Kier alpha value is -3.59. The smallest absolute Gasteiger partial charge is 0.227 e. The van der Waals surface area contributed by atoms with Crippen molar-refractivity contribution >= 4 is 11.8 Å². The van der Waals surface area contributed by atoms with E-state index in [9.17, 15) is 14.0 Å². The number of hydrogen-bond donors (Lipinski definition) is 1. The molecule has 0 bridgehead atoms. The number of carbonyl (C=O) groups excluding carboxylic acids is 2. The SMILES string of the molecule is CC(=O)N1CC(C(=O)N[C@@H](CCN2CCC(n3cnc(Cc4ccc(F)cc4)n3)CC2)c2ccccc2)C1. The van der Waals surface area contributed by atoms with Crippen LogP contribution in [-0.4, -0.2) is 69.1 Å². The summed E-state index contributed by atoms with van der Waals surface area (Å²) in [6, 6.07) is 16.8. The van der Waals surface area contributed by atoms with E-state index in [1.54, 1.807) is 24.0 Å². The minimum absolute atomic E-state index is 0.0204. The Morgan fingerprint density at radius 3 is 2.45 bits per heavy atom. The summed E-state index contributed by atoms with van der Waals surface area (Å²) in [5.41, 5.74) is 2.10. The van der Waals surface area contributed by atoms with Gasteiger partial charge in [-0.2, -0.15) is 5.10 Å². The van der Waals surface area contributed by atoms with Gasteiger partial charge in [0.25, 0.3) is 0 Å². The number of likely N-dealkylation sites (tertiary alicyclic amines) is 2. The first kappa shape index (κ1) is 26.0. The lowest BCUT2D eigenvalue weighted by molar-refractivity contribution is -0.141. The molecule has 8 nitrogen and oxygen atoms in total. The zero-order valence-electron chi connectivity index (χ0n) is 21.8. The summed E-state index contributed by atoms with van der Waals surface area (Å²) in [6.45, 7) is 5.37. The van der Waals surface area contributed by atoms with E-state index in [1.165, 1.54) is 12.1 Å². The second kappa shape index (κ2) is 11.9. The monoisotopic (exact) mass is 518 g/mol. The van der Waals surface area contributed by atoms with Crippen molar-refractivity contribution in [3.05, 3.63) is 83.7 Å². The maximum atomic E-state index is 13.2. The summed E-state index contributed by atoms with van der Waals surface area (Å²) >= 11 is 0. The number of nitrogens with zero attached hydrogens (tertiary/aromatic N) is 5. The van der Waals surface area contributed by atoms with Crippen molar-refractivity contribution in [2.75, 3.05) is 32.7 Å². The first-order valence-corrected chi connectivity index (χ1v) is 13.4. The number of hydrogen-bond acceptors (Lipinski definition) is 5. The molecule has 2 aromatic carbocycles. The third-order valence-corrected chi connectivity index (χ3v) is 7.71. The summed E-state index contributed by atoms with van der Waals surface area (Å²) in [4.78, 5) is 33.0. The molecule has 2 aliphatic rings. The van der Waals surface area contributed by atoms with Gasteiger partial charge in [0, 0.05) is 46.1 Å². The molecule has 9 heteroatoms. The topological polar surface area (TPSA) is 83.4 Å². The number of rotatable bonds is 9. The van der Waals surface area contributed by atoms with Crippen LogP contribution in [-0.2, 0) is 16.0 Å². The molecule has 200 valence electrons. The fourth-order valence-electron chi connectivity index (χ4n) is 5.27. The van der Waals surface area contributed by atoms with Gasteiger partial charge >= 0.3 is 0 Å². The highest BCUT2D eigenvalue weighted by molar-refractivity contribution is 5.83. The highest BCUT2D eigenvalue weighted by Gasteiger charge is 2.35. The molecule has 0 saturated carbocycles. The van der Waals surface area contributed by atoms with Crippen LogP contribution in [0.2, 0.25) is 0 Å². The van der Waals surface area contributed by atoms with Gasteiger partial charge in [-0.05, 0) is 42.5 Å². The molecular formula is C29H35FN6O2. The first-order chi connectivity index (χ1) is 18.4. The van der Waals surface area contributed by atoms with Gasteiger partial charge in [0.15, 0.2) is 5.82 Å². The van der Waals surface area contributed by atoms with Crippen LogP contribution < -0.4 is 5.32 Å². The van der Waals surface area contributed by atoms with Crippen molar-refractivity contribution in [1.29, 1.82) is 0 Å². The largest absolute Gasteiger partial charge is 0.349 e. The van der Waals surface area contributed by atoms with E-state index in [0.29, 0.717) is 25.6 Å². The molecule has 5 rings (SSSR count). The second-order valence-corrected chi connectivity index (χ2v) is 10.4. The van der Waals surface area contributed by atoms with Crippen LogP contribution in [0.1, 0.15) is 55.2 Å². The van der Waals surface area contributed by atoms with Crippen LogP contribution in [0, 0.1) is 11.7 Å². The maximum Gasteiger partial charge on any atom is 0.227 e. The Labute approximate surface area is 222 Å². The fourth-order valence-corrected chi connectivity index (χ4v) is 5.27. The highest BCUT2D eigenvalue weighted by atomic mass is 19.1. The molecule has 2 saturated heterocycles. The molecule has 2 fully saturated rings. The zero-order chi connectivity index (χ0) is 26.5. The lowest BCUT2D eigenvalue weighted by Crippen LogP contribution is -2.55. The van der Waals surface area contributed by atoms with E-state index in [-0.39, 0.29) is 29.6 Å². The van der Waals surface area contributed by atoms with E-state index in [0.717, 1.165) is 55.8 Å². The van der Waals surface area contributed by atoms with Crippen molar-refractivity contribution in [1.82, 2.24) is 29.9 Å². The minimum Gasteiger partial charge on any atom is -0.349 e. The Morgan fingerprint density at radius 2 is 1.76 bits per heavy atom. The zero-order valence-corrected chi connectivity index (χ0v) is 21.8. The number of aromatic nitrogens is 3. The molecule has 0 unspecified atom stereocenters. The highest BCUT2D eigenvalue weighted by Crippen LogP contribution is 2.25. The van der Waals surface area contributed by atoms with Crippen molar-refractivity contribution < 1.29 is 14.0 Å². The van der Waals surface area contributed by atoms with E-state index in [4.69, 9.17) is 5.10 Å². The molecule has 1 atom stereocenters. The summed E-state index contributed by atoms with van der Waals surface area (Å²) in [5, 5.41) is 7.94. The van der Waals surface area contributed by atoms with Gasteiger partial charge in [-0.15, -0.1) is 0 Å². The van der Waals surface area contributed by atoms with Crippen LogP contribution in [0.4, 0.5) is 4.39 Å². The van der Waals surface area contributed by atoms with E-state index in [2.05, 4.69) is 27.3 Å². The molecule has 0 radical (unpaired) electrons. The minimum atomic E-state index is -0.240. The molecule has 1 aromatic heterocycles. The quantitative estimate of drug-likeness (QED) is 0.470. The first-order valence-electron chi connectivity index (χ1n) is 13.4. The number of piperidine rings is 1.